The maximum Gasteiger partial charge on any atom is 1.00 e. The predicted molar refractivity (Wildman–Crippen MR) is 48.6 cm³/mol. The summed E-state index contributed by atoms with van der Waals surface area (Å²) in [4.78, 5) is 12.3. The molecule has 0 atom stereocenters. The second kappa shape index (κ2) is 7.27. The van der Waals surface area contributed by atoms with Crippen molar-refractivity contribution in [3.8, 4) is 0 Å². The smallest absolute Gasteiger partial charge is 1.00 e. The van der Waals surface area contributed by atoms with E-state index in [-0.39, 0.29) is 46.6 Å². The Labute approximate surface area is 97.4 Å². The number of nitrogens with zero attached hydrogens (tertiary/aromatic N) is 1. The van der Waals surface area contributed by atoms with Gasteiger partial charge in [-0.2, -0.15) is 0 Å². The molecule has 3 N–H and O–H groups in total. The van der Waals surface area contributed by atoms with Gasteiger partial charge in [0.2, 0.25) is 0 Å². The molecule has 14 heavy (non-hydrogen) atoms. The molecule has 6 heteroatoms. The molecule has 0 bridgehead atoms. The second-order valence-electron chi connectivity index (χ2n) is 3.30. The molecule has 0 aliphatic rings. The third-order valence-corrected chi connectivity index (χ3v) is 2.05. The van der Waals surface area contributed by atoms with E-state index in [2.05, 4.69) is 0 Å². The van der Waals surface area contributed by atoms with Crippen LogP contribution in [0.15, 0.2) is 0 Å². The van der Waals surface area contributed by atoms with Gasteiger partial charge in [-0.25, -0.2) is 0 Å². The molecule has 0 spiro atoms. The van der Waals surface area contributed by atoms with E-state index in [0.29, 0.717) is 0 Å². The fraction of sp³-hybridized carbons (Fsp3) is 0.875. The molecule has 0 rings (SSSR count). The maximum absolute atomic E-state index is 10.8. The molecule has 0 heterocycles. The van der Waals surface area contributed by atoms with Gasteiger partial charge in [0.25, 0.3) is 0 Å². The number of carboxylic acids is 1. The summed E-state index contributed by atoms with van der Waals surface area (Å²) in [7, 11) is 0. The van der Waals surface area contributed by atoms with Crippen LogP contribution in [0.3, 0.4) is 0 Å². The molecule has 0 radical (unpaired) electrons. The third kappa shape index (κ3) is 4.45. The van der Waals surface area contributed by atoms with Crippen molar-refractivity contribution >= 4 is 5.97 Å². The molecule has 0 fully saturated rings. The van der Waals surface area contributed by atoms with E-state index >= 15 is 0 Å². The first-order valence-corrected chi connectivity index (χ1v) is 4.17. The van der Waals surface area contributed by atoms with Crippen LogP contribution in [0.5, 0.6) is 0 Å². The van der Waals surface area contributed by atoms with E-state index in [1.54, 1.807) is 13.8 Å². The fourth-order valence-corrected chi connectivity index (χ4v) is 1.05. The number of carboxylic acid groups (broad SMARTS) is 1. The first-order valence-electron chi connectivity index (χ1n) is 4.17. The van der Waals surface area contributed by atoms with Gasteiger partial charge in [0.15, 0.2) is 0 Å². The average Bonchev–Trinajstić information content (AvgIpc) is 2.03. The van der Waals surface area contributed by atoms with E-state index in [4.69, 9.17) is 15.3 Å². The Morgan fingerprint density at radius 1 is 1.29 bits per heavy atom. The summed E-state index contributed by atoms with van der Waals surface area (Å²) in [5.41, 5.74) is -1.05. The van der Waals surface area contributed by atoms with E-state index in [0.717, 1.165) is 0 Å². The molecule has 0 amide bonds. The van der Waals surface area contributed by atoms with Crippen molar-refractivity contribution in [1.29, 1.82) is 0 Å². The second-order valence-corrected chi connectivity index (χ2v) is 3.30. The van der Waals surface area contributed by atoms with Gasteiger partial charge in [-0.3, -0.25) is 9.69 Å². The van der Waals surface area contributed by atoms with Crippen molar-refractivity contribution in [3.05, 3.63) is 0 Å². The van der Waals surface area contributed by atoms with Crippen LogP contribution in [0.2, 0.25) is 0 Å². The van der Waals surface area contributed by atoms with Gasteiger partial charge >= 0.3 is 24.8 Å². The SMILES string of the molecule is CC(C)(C(=O)O)N(CCO)CCO.[H-].[Li+]. The van der Waals surface area contributed by atoms with Crippen molar-refractivity contribution in [2.24, 2.45) is 0 Å². The predicted octanol–water partition coefficient (Wildman–Crippen LogP) is -3.75. The van der Waals surface area contributed by atoms with Crippen LogP contribution in [0, 0.1) is 0 Å². The van der Waals surface area contributed by atoms with E-state index in [1.807, 2.05) is 0 Å². The number of rotatable bonds is 6. The topological polar surface area (TPSA) is 81.0 Å². The molecule has 80 valence electrons. The minimum atomic E-state index is -1.05. The normalized spacial score (nSPS) is 11.2. The van der Waals surface area contributed by atoms with Crippen molar-refractivity contribution in [1.82, 2.24) is 4.90 Å². The van der Waals surface area contributed by atoms with Crippen LogP contribution in [-0.2, 0) is 4.79 Å². The summed E-state index contributed by atoms with van der Waals surface area (Å²) < 4.78 is 0. The number of β-amino-alcohol motifs (C(OH)–C–C–N with tert-alkyl or cyclic N) is 2. The van der Waals surface area contributed by atoms with Gasteiger partial charge in [-0.1, -0.05) is 0 Å². The minimum absolute atomic E-state index is 0. The number of aliphatic hydroxyl groups excluding tert-OH is 2. The van der Waals surface area contributed by atoms with Gasteiger partial charge in [0.05, 0.1) is 13.2 Å². The van der Waals surface area contributed by atoms with Crippen LogP contribution < -0.4 is 18.9 Å². The molecule has 0 saturated carbocycles. The van der Waals surface area contributed by atoms with Crippen molar-refractivity contribution in [2.75, 3.05) is 26.3 Å². The Balaban J connectivity index is -0.000000720. The van der Waals surface area contributed by atoms with E-state index in [9.17, 15) is 4.79 Å². The summed E-state index contributed by atoms with van der Waals surface area (Å²) >= 11 is 0. The molecular formula is C8H18LiNO4. The summed E-state index contributed by atoms with van der Waals surface area (Å²) in [6.07, 6.45) is 0. The van der Waals surface area contributed by atoms with Gasteiger partial charge < -0.3 is 16.7 Å². The largest absolute Gasteiger partial charge is 1.00 e. The summed E-state index contributed by atoms with van der Waals surface area (Å²) in [5, 5.41) is 26.2. The first-order chi connectivity index (χ1) is 5.96. The van der Waals surface area contributed by atoms with Crippen LogP contribution in [0.1, 0.15) is 15.3 Å². The van der Waals surface area contributed by atoms with E-state index < -0.39 is 11.5 Å². The Kier molecular flexibility index (Phi) is 8.50. The zero-order valence-corrected chi connectivity index (χ0v) is 9.03. The van der Waals surface area contributed by atoms with Crippen molar-refractivity contribution < 1.29 is 40.4 Å². The molecule has 0 saturated heterocycles. The summed E-state index contributed by atoms with van der Waals surface area (Å²) in [5.74, 6) is -0.964. The monoisotopic (exact) mass is 199 g/mol. The molecule has 0 unspecified atom stereocenters. The number of aliphatic hydroxyl groups is 2. The molecule has 0 aromatic rings. The average molecular weight is 199 g/mol. The number of hydrogen-bond acceptors (Lipinski definition) is 4. The van der Waals surface area contributed by atoms with Crippen molar-refractivity contribution in [2.45, 2.75) is 19.4 Å². The minimum Gasteiger partial charge on any atom is -1.00 e. The van der Waals surface area contributed by atoms with Crippen LogP contribution >= 0.6 is 0 Å². The number of aliphatic carboxylic acids is 1. The standard InChI is InChI=1S/C8H17NO4.Li.H/c1-8(2,7(12)13)9(3-5-10)4-6-11;;/h10-11H,3-6H2,1-2H3,(H,12,13);;/q;+1;-1. The van der Waals surface area contributed by atoms with Gasteiger partial charge in [-0.05, 0) is 13.8 Å². The Bertz CT molecular complexity index is 174. The van der Waals surface area contributed by atoms with E-state index in [1.165, 1.54) is 4.90 Å². The first kappa shape index (κ1) is 16.4. The van der Waals surface area contributed by atoms with Crippen molar-refractivity contribution in [3.63, 3.8) is 0 Å². The van der Waals surface area contributed by atoms with Crippen LogP contribution in [0.4, 0.5) is 0 Å². The number of carbonyl (C=O) groups is 1. The van der Waals surface area contributed by atoms with Gasteiger partial charge in [-0.15, -0.1) is 0 Å². The van der Waals surface area contributed by atoms with Gasteiger partial charge in [0.1, 0.15) is 5.54 Å². The summed E-state index contributed by atoms with van der Waals surface area (Å²) in [6, 6.07) is 0. The zero-order valence-electron chi connectivity index (χ0n) is 10.0. The fourth-order valence-electron chi connectivity index (χ4n) is 1.05. The van der Waals surface area contributed by atoms with Crippen LogP contribution in [-0.4, -0.2) is 58.0 Å². The molecule has 0 aromatic heterocycles. The quantitative estimate of drug-likeness (QED) is 0.383. The third-order valence-electron chi connectivity index (χ3n) is 2.05. The molecule has 5 nitrogen and oxygen atoms in total. The molecule has 0 aliphatic carbocycles. The Hall–Kier alpha value is -0.0526. The Morgan fingerprint density at radius 2 is 1.64 bits per heavy atom. The van der Waals surface area contributed by atoms with Crippen LogP contribution in [0.25, 0.3) is 0 Å². The zero-order chi connectivity index (χ0) is 10.5. The molecule has 0 aromatic carbocycles. The maximum atomic E-state index is 10.8. The molecule has 0 aliphatic heterocycles. The van der Waals surface area contributed by atoms with Gasteiger partial charge in [0, 0.05) is 13.1 Å². The molecular weight excluding hydrogens is 181 g/mol. The Morgan fingerprint density at radius 3 is 1.86 bits per heavy atom. The number of hydrogen-bond donors (Lipinski definition) is 3. The summed E-state index contributed by atoms with van der Waals surface area (Å²) in [6.45, 7) is 3.36.